The van der Waals surface area contributed by atoms with Gasteiger partial charge in [0.25, 0.3) is 0 Å². The van der Waals surface area contributed by atoms with Crippen molar-refractivity contribution in [1.82, 2.24) is 5.32 Å². The number of nitrogens with zero attached hydrogens (tertiary/aromatic N) is 1. The minimum absolute atomic E-state index is 0.107. The molecule has 1 heterocycles. The summed E-state index contributed by atoms with van der Waals surface area (Å²) in [5, 5.41) is 11.7. The molecule has 6 heteroatoms. The van der Waals surface area contributed by atoms with Crippen LogP contribution in [0.1, 0.15) is 6.92 Å². The summed E-state index contributed by atoms with van der Waals surface area (Å²) in [5.41, 5.74) is 0.636. The molecule has 0 bridgehead atoms. The van der Waals surface area contributed by atoms with Crippen LogP contribution < -0.4 is 10.2 Å². The van der Waals surface area contributed by atoms with E-state index in [0.717, 1.165) is 0 Å². The van der Waals surface area contributed by atoms with Crippen molar-refractivity contribution in [3.8, 4) is 0 Å². The van der Waals surface area contributed by atoms with E-state index in [1.807, 2.05) is 0 Å². The summed E-state index contributed by atoms with van der Waals surface area (Å²) in [6.45, 7) is 2.01. The van der Waals surface area contributed by atoms with Crippen LogP contribution in [-0.4, -0.2) is 36.1 Å². The first-order valence-electron chi connectivity index (χ1n) is 6.01. The topological polar surface area (TPSA) is 69.6 Å². The Morgan fingerprint density at radius 3 is 2.63 bits per heavy atom. The molecule has 1 aromatic rings. The van der Waals surface area contributed by atoms with E-state index in [0.29, 0.717) is 5.69 Å². The van der Waals surface area contributed by atoms with Gasteiger partial charge in [-0.2, -0.15) is 0 Å². The summed E-state index contributed by atoms with van der Waals surface area (Å²) in [4.78, 5) is 24.6. The maximum atomic E-state index is 12.9. The van der Waals surface area contributed by atoms with Crippen molar-refractivity contribution in [2.75, 3.05) is 18.0 Å². The van der Waals surface area contributed by atoms with Crippen molar-refractivity contribution in [2.45, 2.75) is 13.0 Å². The van der Waals surface area contributed by atoms with E-state index < -0.39 is 17.9 Å². The van der Waals surface area contributed by atoms with Gasteiger partial charge in [0.15, 0.2) is 0 Å². The summed E-state index contributed by atoms with van der Waals surface area (Å²) in [7, 11) is 0. The minimum Gasteiger partial charge on any atom is -0.481 e. The number of carbonyl (C=O) groups is 2. The van der Waals surface area contributed by atoms with Crippen molar-refractivity contribution in [2.24, 2.45) is 5.92 Å². The van der Waals surface area contributed by atoms with Crippen LogP contribution in [0.5, 0.6) is 0 Å². The van der Waals surface area contributed by atoms with Crippen molar-refractivity contribution >= 4 is 17.6 Å². The average Bonchev–Trinajstić information content (AvgIpc) is 2.52. The highest BCUT2D eigenvalue weighted by Crippen LogP contribution is 2.21. The largest absolute Gasteiger partial charge is 0.481 e. The Morgan fingerprint density at radius 1 is 1.42 bits per heavy atom. The number of hydrogen-bond acceptors (Lipinski definition) is 3. The molecule has 0 aromatic heterocycles. The zero-order chi connectivity index (χ0) is 14.0. The number of aliphatic carboxylic acids is 1. The second-order valence-electron chi connectivity index (χ2n) is 4.59. The number of benzene rings is 1. The lowest BCUT2D eigenvalue weighted by Crippen LogP contribution is -2.42. The van der Waals surface area contributed by atoms with Crippen LogP contribution in [0, 0.1) is 11.7 Å². The van der Waals surface area contributed by atoms with Gasteiger partial charge in [-0.1, -0.05) is 0 Å². The molecule has 1 saturated heterocycles. The smallest absolute Gasteiger partial charge is 0.310 e. The summed E-state index contributed by atoms with van der Waals surface area (Å²) < 4.78 is 12.9. The van der Waals surface area contributed by atoms with Crippen LogP contribution in [0.4, 0.5) is 10.1 Å². The van der Waals surface area contributed by atoms with Gasteiger partial charge in [0, 0.05) is 18.8 Å². The molecule has 2 unspecified atom stereocenters. The van der Waals surface area contributed by atoms with Crippen molar-refractivity contribution in [3.05, 3.63) is 30.1 Å². The quantitative estimate of drug-likeness (QED) is 0.832. The SMILES string of the molecule is CC1C(=O)NCC(C(=O)O)CN1c1ccc(F)cc1. The summed E-state index contributed by atoms with van der Waals surface area (Å²) >= 11 is 0. The minimum atomic E-state index is -0.957. The maximum absolute atomic E-state index is 12.9. The van der Waals surface area contributed by atoms with Crippen LogP contribution in [0.3, 0.4) is 0 Å². The molecule has 19 heavy (non-hydrogen) atoms. The van der Waals surface area contributed by atoms with Gasteiger partial charge >= 0.3 is 5.97 Å². The Bertz CT molecular complexity index is 489. The third-order valence-electron chi connectivity index (χ3n) is 3.29. The van der Waals surface area contributed by atoms with Gasteiger partial charge in [-0.15, -0.1) is 0 Å². The Labute approximate surface area is 110 Å². The van der Waals surface area contributed by atoms with Crippen LogP contribution in [0.25, 0.3) is 0 Å². The Balaban J connectivity index is 2.30. The molecule has 1 amide bonds. The summed E-state index contributed by atoms with van der Waals surface area (Å²) in [6, 6.07) is 5.18. The van der Waals surface area contributed by atoms with Gasteiger partial charge in [-0.3, -0.25) is 9.59 Å². The van der Waals surface area contributed by atoms with Gasteiger partial charge < -0.3 is 15.3 Å². The van der Waals surface area contributed by atoms with E-state index in [1.54, 1.807) is 24.0 Å². The second-order valence-corrected chi connectivity index (χ2v) is 4.59. The monoisotopic (exact) mass is 266 g/mol. The standard InChI is InChI=1S/C13H15FN2O3/c1-8-12(17)15-6-9(13(18)19)7-16(8)11-4-2-10(14)3-5-11/h2-5,8-9H,6-7H2,1H3,(H,15,17)(H,18,19). The third-order valence-corrected chi connectivity index (χ3v) is 3.29. The van der Waals surface area contributed by atoms with E-state index in [2.05, 4.69) is 5.32 Å². The Morgan fingerprint density at radius 2 is 2.05 bits per heavy atom. The molecule has 0 saturated carbocycles. The molecule has 2 N–H and O–H groups in total. The maximum Gasteiger partial charge on any atom is 0.310 e. The fraction of sp³-hybridized carbons (Fsp3) is 0.385. The van der Waals surface area contributed by atoms with Crippen molar-refractivity contribution in [1.29, 1.82) is 0 Å². The molecule has 0 aliphatic carbocycles. The summed E-state index contributed by atoms with van der Waals surface area (Å²) in [6.07, 6.45) is 0. The molecular formula is C13H15FN2O3. The van der Waals surface area contributed by atoms with E-state index in [4.69, 9.17) is 5.11 Å². The molecule has 1 aliphatic rings. The lowest BCUT2D eigenvalue weighted by molar-refractivity contribution is -0.141. The molecule has 0 radical (unpaired) electrons. The second kappa shape index (κ2) is 5.26. The van der Waals surface area contributed by atoms with Gasteiger partial charge in [-0.25, -0.2) is 4.39 Å². The molecular weight excluding hydrogens is 251 g/mol. The third kappa shape index (κ3) is 2.83. The molecule has 0 spiro atoms. The van der Waals surface area contributed by atoms with Crippen molar-refractivity contribution in [3.63, 3.8) is 0 Å². The van der Waals surface area contributed by atoms with Gasteiger partial charge in [-0.05, 0) is 31.2 Å². The summed E-state index contributed by atoms with van der Waals surface area (Å²) in [5.74, 6) is -2.24. The Kier molecular flexibility index (Phi) is 3.69. The number of anilines is 1. The normalized spacial score (nSPS) is 23.7. The number of carboxylic acid groups (broad SMARTS) is 1. The van der Waals surface area contributed by atoms with E-state index in [9.17, 15) is 14.0 Å². The highest BCUT2D eigenvalue weighted by Gasteiger charge is 2.31. The highest BCUT2D eigenvalue weighted by atomic mass is 19.1. The lowest BCUT2D eigenvalue weighted by Gasteiger charge is -2.29. The lowest BCUT2D eigenvalue weighted by atomic mass is 10.1. The first-order chi connectivity index (χ1) is 8.99. The molecule has 1 aliphatic heterocycles. The van der Waals surface area contributed by atoms with E-state index in [1.165, 1.54) is 12.1 Å². The fourth-order valence-electron chi connectivity index (χ4n) is 2.10. The van der Waals surface area contributed by atoms with E-state index >= 15 is 0 Å². The first kappa shape index (κ1) is 13.3. The fourth-order valence-corrected chi connectivity index (χ4v) is 2.10. The number of hydrogen-bond donors (Lipinski definition) is 2. The van der Waals surface area contributed by atoms with Crippen LogP contribution in [0.2, 0.25) is 0 Å². The van der Waals surface area contributed by atoms with E-state index in [-0.39, 0.29) is 24.8 Å². The first-order valence-corrected chi connectivity index (χ1v) is 6.01. The number of carboxylic acids is 1. The van der Waals surface area contributed by atoms with Crippen LogP contribution in [-0.2, 0) is 9.59 Å². The number of amides is 1. The number of nitrogens with one attached hydrogen (secondary N) is 1. The number of rotatable bonds is 2. The zero-order valence-electron chi connectivity index (χ0n) is 10.5. The predicted octanol–water partition coefficient (Wildman–Crippen LogP) is 0.851. The van der Waals surface area contributed by atoms with Crippen molar-refractivity contribution < 1.29 is 19.1 Å². The van der Waals surface area contributed by atoms with Gasteiger partial charge in [0.1, 0.15) is 11.9 Å². The van der Waals surface area contributed by atoms with Gasteiger partial charge in [0.2, 0.25) is 5.91 Å². The Hall–Kier alpha value is -2.11. The molecule has 2 atom stereocenters. The molecule has 1 aromatic carbocycles. The average molecular weight is 266 g/mol. The number of carbonyl (C=O) groups excluding carboxylic acids is 1. The van der Waals surface area contributed by atoms with Crippen LogP contribution >= 0.6 is 0 Å². The zero-order valence-corrected chi connectivity index (χ0v) is 10.5. The van der Waals surface area contributed by atoms with Crippen LogP contribution in [0.15, 0.2) is 24.3 Å². The molecule has 102 valence electrons. The number of halogens is 1. The highest BCUT2D eigenvalue weighted by molar-refractivity contribution is 5.86. The molecule has 1 fully saturated rings. The predicted molar refractivity (Wildman–Crippen MR) is 67.3 cm³/mol. The molecule has 2 rings (SSSR count). The van der Waals surface area contributed by atoms with Gasteiger partial charge in [0.05, 0.1) is 5.92 Å². The molecule has 5 nitrogen and oxygen atoms in total.